The molecule has 0 aliphatic carbocycles. The van der Waals surface area contributed by atoms with Crippen molar-refractivity contribution in [1.82, 2.24) is 0 Å². The zero-order valence-electron chi connectivity index (χ0n) is 16.3. The average molecular weight is 380 g/mol. The van der Waals surface area contributed by atoms with Crippen molar-refractivity contribution in [2.45, 2.75) is 76.5 Å². The van der Waals surface area contributed by atoms with Crippen molar-refractivity contribution in [2.75, 3.05) is 19.8 Å². The predicted molar refractivity (Wildman–Crippen MR) is 100 cm³/mol. The molecule has 6 atom stereocenters. The van der Waals surface area contributed by atoms with Gasteiger partial charge in [0.15, 0.2) is 12.6 Å². The summed E-state index contributed by atoms with van der Waals surface area (Å²) < 4.78 is 29.9. The second-order valence-electron chi connectivity index (χ2n) is 7.12. The number of fused-ring (bicyclic) bond motifs is 1. The lowest BCUT2D eigenvalue weighted by Crippen LogP contribution is -2.63. The Kier molecular flexibility index (Phi) is 8.06. The fraction of sp³-hybridized carbons (Fsp3) is 0.714. The molecule has 4 unspecified atom stereocenters. The van der Waals surface area contributed by atoms with Gasteiger partial charge in [0.25, 0.3) is 0 Å². The van der Waals surface area contributed by atoms with E-state index in [-0.39, 0.29) is 12.2 Å². The van der Waals surface area contributed by atoms with Gasteiger partial charge < -0.3 is 28.8 Å². The fourth-order valence-electron chi connectivity index (χ4n) is 3.44. The molecule has 0 radical (unpaired) electrons. The number of aliphatic hydroxyl groups is 1. The molecule has 152 valence electrons. The summed E-state index contributed by atoms with van der Waals surface area (Å²) >= 11 is 0. The van der Waals surface area contributed by atoms with E-state index in [0.29, 0.717) is 19.8 Å². The fourth-order valence-corrected chi connectivity index (χ4v) is 3.44. The van der Waals surface area contributed by atoms with E-state index in [9.17, 15) is 5.11 Å². The molecule has 6 nitrogen and oxygen atoms in total. The van der Waals surface area contributed by atoms with Crippen LogP contribution >= 0.6 is 0 Å². The van der Waals surface area contributed by atoms with Crippen LogP contribution in [0, 0.1) is 0 Å². The summed E-state index contributed by atoms with van der Waals surface area (Å²) in [5.74, 6) is 0. The van der Waals surface area contributed by atoms with Gasteiger partial charge in [-0.15, -0.1) is 0 Å². The third-order valence-electron chi connectivity index (χ3n) is 4.99. The van der Waals surface area contributed by atoms with E-state index in [1.807, 2.05) is 30.3 Å². The van der Waals surface area contributed by atoms with Gasteiger partial charge in [-0.2, -0.15) is 0 Å². The number of aliphatic hydroxyl groups excluding tert-OH is 1. The van der Waals surface area contributed by atoms with Gasteiger partial charge in [0, 0.05) is 18.8 Å². The lowest BCUT2D eigenvalue weighted by atomic mass is 9.97. The summed E-state index contributed by atoms with van der Waals surface area (Å²) in [7, 11) is 0. The summed E-state index contributed by atoms with van der Waals surface area (Å²) in [5.41, 5.74) is 0.956. The van der Waals surface area contributed by atoms with Crippen LogP contribution in [0.3, 0.4) is 0 Å². The number of hydrogen-bond donors (Lipinski definition) is 1. The zero-order valence-corrected chi connectivity index (χ0v) is 16.3. The van der Waals surface area contributed by atoms with Gasteiger partial charge in [-0.25, -0.2) is 0 Å². The minimum Gasteiger partial charge on any atom is -0.372 e. The Labute approximate surface area is 161 Å². The van der Waals surface area contributed by atoms with Crippen LogP contribution in [0.15, 0.2) is 30.3 Å². The van der Waals surface area contributed by atoms with Gasteiger partial charge in [0.1, 0.15) is 24.4 Å². The predicted octanol–water partition coefficient (Wildman–Crippen LogP) is 3.19. The Balaban J connectivity index is 1.73. The number of hydrogen-bond acceptors (Lipinski definition) is 6. The van der Waals surface area contributed by atoms with Gasteiger partial charge in [-0.05, 0) is 12.8 Å². The van der Waals surface area contributed by atoms with E-state index in [0.717, 1.165) is 31.2 Å². The average Bonchev–Trinajstić information content (AvgIpc) is 2.70. The largest absolute Gasteiger partial charge is 0.372 e. The molecule has 3 rings (SSSR count). The Morgan fingerprint density at radius 2 is 1.63 bits per heavy atom. The molecule has 0 saturated carbocycles. The van der Waals surface area contributed by atoms with Crippen molar-refractivity contribution >= 4 is 0 Å². The smallest absolute Gasteiger partial charge is 0.184 e. The highest BCUT2D eigenvalue weighted by atomic mass is 16.7. The van der Waals surface area contributed by atoms with E-state index in [4.69, 9.17) is 23.7 Å². The van der Waals surface area contributed by atoms with Crippen LogP contribution in [0.4, 0.5) is 0 Å². The van der Waals surface area contributed by atoms with Gasteiger partial charge >= 0.3 is 0 Å². The first-order valence-corrected chi connectivity index (χ1v) is 10.1. The first-order chi connectivity index (χ1) is 13.2. The molecule has 2 heterocycles. The lowest BCUT2D eigenvalue weighted by Gasteiger charge is -2.47. The van der Waals surface area contributed by atoms with Crippen LogP contribution < -0.4 is 0 Å². The van der Waals surface area contributed by atoms with Crippen molar-refractivity contribution in [1.29, 1.82) is 0 Å². The van der Waals surface area contributed by atoms with Crippen molar-refractivity contribution in [3.63, 3.8) is 0 Å². The molecule has 6 heteroatoms. The Morgan fingerprint density at radius 1 is 0.963 bits per heavy atom. The molecule has 2 aliphatic heterocycles. The molecule has 0 bridgehead atoms. The van der Waals surface area contributed by atoms with E-state index in [1.165, 1.54) is 0 Å². The van der Waals surface area contributed by atoms with Crippen molar-refractivity contribution in [3.05, 3.63) is 35.9 Å². The van der Waals surface area contributed by atoms with Gasteiger partial charge in [0.2, 0.25) is 0 Å². The van der Waals surface area contributed by atoms with E-state index < -0.39 is 24.8 Å². The maximum Gasteiger partial charge on any atom is 0.184 e. The molecule has 0 spiro atoms. The monoisotopic (exact) mass is 380 g/mol. The topological polar surface area (TPSA) is 66.4 Å². The molecule has 2 fully saturated rings. The minimum atomic E-state index is -1.05. The Bertz CT molecular complexity index is 539. The van der Waals surface area contributed by atoms with Crippen LogP contribution in [-0.4, -0.2) is 55.6 Å². The van der Waals surface area contributed by atoms with Crippen LogP contribution in [-0.2, 0) is 23.7 Å². The number of rotatable bonds is 9. The highest BCUT2D eigenvalue weighted by Gasteiger charge is 2.50. The van der Waals surface area contributed by atoms with Gasteiger partial charge in [-0.3, -0.25) is 0 Å². The standard InChI is InChI=1S/C21H32O6/c1-3-5-12-23-18-17-16(26-20(22)19(18)24-13-6-4-2)14-25-21(27-17)15-10-8-7-9-11-15/h7-11,16-22H,3-6,12-14H2,1-2H3/t16?,17-,18+,19?,20?,21?/m1/s1. The summed E-state index contributed by atoms with van der Waals surface area (Å²) in [6, 6.07) is 9.84. The second-order valence-corrected chi connectivity index (χ2v) is 7.12. The summed E-state index contributed by atoms with van der Waals surface area (Å²) in [6.07, 6.45) is 0.737. The third kappa shape index (κ3) is 5.28. The molecule has 2 aliphatic rings. The number of benzene rings is 1. The van der Waals surface area contributed by atoms with Crippen LogP contribution in [0.25, 0.3) is 0 Å². The molecule has 1 aromatic carbocycles. The van der Waals surface area contributed by atoms with Crippen LogP contribution in [0.2, 0.25) is 0 Å². The minimum absolute atomic E-state index is 0.344. The second kappa shape index (κ2) is 10.5. The summed E-state index contributed by atoms with van der Waals surface area (Å²) in [6.45, 7) is 5.73. The molecular formula is C21H32O6. The molecular weight excluding hydrogens is 348 g/mol. The van der Waals surface area contributed by atoms with Crippen LogP contribution in [0.5, 0.6) is 0 Å². The van der Waals surface area contributed by atoms with E-state index >= 15 is 0 Å². The third-order valence-corrected chi connectivity index (χ3v) is 4.99. The molecule has 1 aromatic rings. The summed E-state index contributed by atoms with van der Waals surface area (Å²) in [4.78, 5) is 0. The molecule has 27 heavy (non-hydrogen) atoms. The Morgan fingerprint density at radius 3 is 2.30 bits per heavy atom. The van der Waals surface area contributed by atoms with Gasteiger partial charge in [-0.1, -0.05) is 57.0 Å². The van der Waals surface area contributed by atoms with E-state index in [2.05, 4.69) is 13.8 Å². The number of unbranched alkanes of at least 4 members (excludes halogenated alkanes) is 2. The Hall–Kier alpha value is -1.02. The molecule has 2 saturated heterocycles. The lowest BCUT2D eigenvalue weighted by molar-refractivity contribution is -0.364. The first kappa shape index (κ1) is 20.7. The maximum atomic E-state index is 10.5. The quantitative estimate of drug-likeness (QED) is 0.664. The molecule has 1 N–H and O–H groups in total. The first-order valence-electron chi connectivity index (χ1n) is 10.1. The molecule has 0 amide bonds. The van der Waals surface area contributed by atoms with E-state index in [1.54, 1.807) is 0 Å². The van der Waals surface area contributed by atoms with Crippen LogP contribution in [0.1, 0.15) is 51.4 Å². The molecule has 0 aromatic heterocycles. The highest BCUT2D eigenvalue weighted by Crippen LogP contribution is 2.35. The van der Waals surface area contributed by atoms with Gasteiger partial charge in [0.05, 0.1) is 6.61 Å². The highest BCUT2D eigenvalue weighted by molar-refractivity contribution is 5.16. The normalized spacial score (nSPS) is 33.6. The van der Waals surface area contributed by atoms with Crippen molar-refractivity contribution in [3.8, 4) is 0 Å². The van der Waals surface area contributed by atoms with Crippen molar-refractivity contribution in [2.24, 2.45) is 0 Å². The number of ether oxygens (including phenoxy) is 5. The zero-order chi connectivity index (χ0) is 19.1. The SMILES string of the molecule is CCCCOC1C(O)OC2COC(c3ccccc3)O[C@H]2[C@@H]1OCCCC. The van der Waals surface area contributed by atoms with Crippen molar-refractivity contribution < 1.29 is 28.8 Å². The summed E-state index contributed by atoms with van der Waals surface area (Å²) in [5, 5.41) is 10.5. The maximum absolute atomic E-state index is 10.5.